The molecule has 0 aliphatic heterocycles. The van der Waals surface area contributed by atoms with Gasteiger partial charge in [-0.15, -0.1) is 0 Å². The third kappa shape index (κ3) is 3.45. The van der Waals surface area contributed by atoms with E-state index in [2.05, 4.69) is 11.8 Å². The highest BCUT2D eigenvalue weighted by atomic mass is 16.5. The van der Waals surface area contributed by atoms with Crippen LogP contribution >= 0.6 is 0 Å². The van der Waals surface area contributed by atoms with Crippen LogP contribution in [0.4, 0.5) is 0 Å². The molecule has 0 saturated heterocycles. The van der Waals surface area contributed by atoms with Crippen LogP contribution in [0.3, 0.4) is 0 Å². The summed E-state index contributed by atoms with van der Waals surface area (Å²) in [6.45, 7) is 8.51. The molecule has 0 aromatic rings. The monoisotopic (exact) mass is 256 g/mol. The number of methoxy groups -OCH3 is 1. The minimum atomic E-state index is -0.452. The lowest BCUT2D eigenvalue weighted by Crippen LogP contribution is -2.47. The zero-order valence-electron chi connectivity index (χ0n) is 12.2. The Bertz CT molecular complexity index is 279. The van der Waals surface area contributed by atoms with Crippen LogP contribution in [0, 0.1) is 11.3 Å². The largest absolute Gasteiger partial charge is 0.469 e. The second kappa shape index (κ2) is 6.53. The average molecular weight is 256 g/mol. The molecule has 1 aliphatic rings. The first-order valence-electron chi connectivity index (χ1n) is 6.98. The molecule has 4 nitrogen and oxygen atoms in total. The fraction of sp³-hybridized carbons (Fsp3) is 0.929. The number of rotatable bonds is 6. The van der Waals surface area contributed by atoms with Gasteiger partial charge in [-0.25, -0.2) is 0 Å². The van der Waals surface area contributed by atoms with Crippen molar-refractivity contribution < 1.29 is 9.53 Å². The van der Waals surface area contributed by atoms with Gasteiger partial charge in [0.2, 0.25) is 0 Å². The van der Waals surface area contributed by atoms with E-state index in [0.717, 1.165) is 19.6 Å². The predicted molar refractivity (Wildman–Crippen MR) is 73.2 cm³/mol. The molecule has 2 unspecified atom stereocenters. The second-order valence-electron chi connectivity index (χ2n) is 5.93. The van der Waals surface area contributed by atoms with Gasteiger partial charge in [0.25, 0.3) is 0 Å². The number of hydrogen-bond acceptors (Lipinski definition) is 4. The van der Waals surface area contributed by atoms with Gasteiger partial charge in [-0.2, -0.15) is 0 Å². The standard InChI is InChI=1S/C14H28N2O2/c1-5-16(10-14(2,3)13(17)18-4)12-8-6-7-11(12)9-15/h11-12H,5-10,15H2,1-4H3. The van der Waals surface area contributed by atoms with Crippen LogP contribution in [-0.2, 0) is 9.53 Å². The highest BCUT2D eigenvalue weighted by Gasteiger charge is 2.36. The van der Waals surface area contributed by atoms with Gasteiger partial charge in [-0.1, -0.05) is 13.3 Å². The molecule has 0 aromatic heterocycles. The van der Waals surface area contributed by atoms with E-state index in [1.54, 1.807) is 0 Å². The quantitative estimate of drug-likeness (QED) is 0.734. The molecular formula is C14H28N2O2. The fourth-order valence-corrected chi connectivity index (χ4v) is 3.09. The van der Waals surface area contributed by atoms with Crippen LogP contribution in [0.25, 0.3) is 0 Å². The summed E-state index contributed by atoms with van der Waals surface area (Å²) < 4.78 is 4.89. The summed E-state index contributed by atoms with van der Waals surface area (Å²) in [7, 11) is 1.46. The molecule has 1 fully saturated rings. The molecule has 18 heavy (non-hydrogen) atoms. The summed E-state index contributed by atoms with van der Waals surface area (Å²) in [6, 6.07) is 0.531. The van der Waals surface area contributed by atoms with Gasteiger partial charge >= 0.3 is 5.97 Å². The summed E-state index contributed by atoms with van der Waals surface area (Å²) >= 11 is 0. The molecule has 1 rings (SSSR count). The normalized spacial score (nSPS) is 24.6. The number of carbonyl (C=O) groups excluding carboxylic acids is 1. The summed E-state index contributed by atoms with van der Waals surface area (Å²) in [5, 5.41) is 0. The van der Waals surface area contributed by atoms with E-state index in [1.807, 2.05) is 13.8 Å². The Hall–Kier alpha value is -0.610. The van der Waals surface area contributed by atoms with Crippen LogP contribution in [0.15, 0.2) is 0 Å². The van der Waals surface area contributed by atoms with E-state index in [1.165, 1.54) is 26.4 Å². The van der Waals surface area contributed by atoms with Crippen LogP contribution in [-0.4, -0.2) is 43.7 Å². The van der Waals surface area contributed by atoms with E-state index in [0.29, 0.717) is 12.0 Å². The zero-order chi connectivity index (χ0) is 13.8. The smallest absolute Gasteiger partial charge is 0.312 e. The van der Waals surface area contributed by atoms with Crippen molar-refractivity contribution in [2.75, 3.05) is 26.7 Å². The molecule has 2 atom stereocenters. The number of nitrogens with two attached hydrogens (primary N) is 1. The lowest BCUT2D eigenvalue weighted by molar-refractivity contribution is -0.152. The Morgan fingerprint density at radius 3 is 2.61 bits per heavy atom. The average Bonchev–Trinajstić information content (AvgIpc) is 2.82. The molecule has 2 N–H and O–H groups in total. The number of nitrogens with zero attached hydrogens (tertiary/aromatic N) is 1. The van der Waals surface area contributed by atoms with Gasteiger partial charge in [0.1, 0.15) is 0 Å². The number of ether oxygens (including phenoxy) is 1. The first kappa shape index (κ1) is 15.4. The first-order chi connectivity index (χ1) is 8.46. The van der Waals surface area contributed by atoms with Crippen molar-refractivity contribution in [3.8, 4) is 0 Å². The fourth-order valence-electron chi connectivity index (χ4n) is 3.09. The molecule has 0 amide bonds. The summed E-state index contributed by atoms with van der Waals surface area (Å²) in [5.41, 5.74) is 5.40. The Labute approximate surface area is 111 Å². The lowest BCUT2D eigenvalue weighted by atomic mass is 9.91. The maximum absolute atomic E-state index is 11.8. The molecule has 0 heterocycles. The molecule has 0 aromatic carbocycles. The molecule has 0 spiro atoms. The molecular weight excluding hydrogens is 228 g/mol. The Kier molecular flexibility index (Phi) is 5.60. The van der Waals surface area contributed by atoms with E-state index in [-0.39, 0.29) is 5.97 Å². The molecule has 4 heteroatoms. The first-order valence-corrected chi connectivity index (χ1v) is 6.98. The Balaban J connectivity index is 2.69. The van der Waals surface area contributed by atoms with Gasteiger partial charge in [0.05, 0.1) is 12.5 Å². The van der Waals surface area contributed by atoms with Gasteiger partial charge in [0, 0.05) is 12.6 Å². The highest BCUT2D eigenvalue weighted by molar-refractivity contribution is 5.76. The minimum absolute atomic E-state index is 0.136. The molecule has 0 radical (unpaired) electrons. The zero-order valence-corrected chi connectivity index (χ0v) is 12.2. The topological polar surface area (TPSA) is 55.6 Å². The van der Waals surface area contributed by atoms with Crippen molar-refractivity contribution in [1.29, 1.82) is 0 Å². The predicted octanol–water partition coefficient (Wildman–Crippen LogP) is 1.63. The van der Waals surface area contributed by atoms with E-state index >= 15 is 0 Å². The van der Waals surface area contributed by atoms with Crippen LogP contribution in [0.1, 0.15) is 40.0 Å². The van der Waals surface area contributed by atoms with Gasteiger partial charge in [-0.05, 0) is 45.7 Å². The van der Waals surface area contributed by atoms with Gasteiger partial charge < -0.3 is 10.5 Å². The number of hydrogen-bond donors (Lipinski definition) is 1. The van der Waals surface area contributed by atoms with Crippen LogP contribution in [0.2, 0.25) is 0 Å². The van der Waals surface area contributed by atoms with Gasteiger partial charge in [0.15, 0.2) is 0 Å². The number of carbonyl (C=O) groups is 1. The summed E-state index contributed by atoms with van der Waals surface area (Å²) in [4.78, 5) is 14.2. The van der Waals surface area contributed by atoms with Crippen molar-refractivity contribution in [2.24, 2.45) is 17.1 Å². The van der Waals surface area contributed by atoms with E-state index in [9.17, 15) is 4.79 Å². The molecule has 1 aliphatic carbocycles. The van der Waals surface area contributed by atoms with Crippen molar-refractivity contribution in [2.45, 2.75) is 46.1 Å². The third-order valence-electron chi connectivity index (χ3n) is 4.13. The number of esters is 1. The van der Waals surface area contributed by atoms with E-state index in [4.69, 9.17) is 10.5 Å². The van der Waals surface area contributed by atoms with Crippen LogP contribution < -0.4 is 5.73 Å². The Morgan fingerprint density at radius 2 is 2.11 bits per heavy atom. The minimum Gasteiger partial charge on any atom is -0.469 e. The Morgan fingerprint density at radius 1 is 1.44 bits per heavy atom. The third-order valence-corrected chi connectivity index (χ3v) is 4.13. The lowest BCUT2D eigenvalue weighted by Gasteiger charge is -2.36. The van der Waals surface area contributed by atoms with Crippen molar-refractivity contribution in [1.82, 2.24) is 4.90 Å². The van der Waals surface area contributed by atoms with Crippen molar-refractivity contribution >= 4 is 5.97 Å². The maximum Gasteiger partial charge on any atom is 0.312 e. The molecule has 106 valence electrons. The summed E-state index contributed by atoms with van der Waals surface area (Å²) in [6.07, 6.45) is 3.67. The SMILES string of the molecule is CCN(CC(C)(C)C(=O)OC)C1CCCC1CN. The van der Waals surface area contributed by atoms with Crippen molar-refractivity contribution in [3.05, 3.63) is 0 Å². The molecule has 0 bridgehead atoms. The second-order valence-corrected chi connectivity index (χ2v) is 5.93. The highest BCUT2D eigenvalue weighted by Crippen LogP contribution is 2.31. The maximum atomic E-state index is 11.8. The van der Waals surface area contributed by atoms with E-state index < -0.39 is 5.41 Å². The van der Waals surface area contributed by atoms with Crippen LogP contribution in [0.5, 0.6) is 0 Å². The summed E-state index contributed by atoms with van der Waals surface area (Å²) in [5.74, 6) is 0.446. The van der Waals surface area contributed by atoms with Crippen molar-refractivity contribution in [3.63, 3.8) is 0 Å². The molecule has 1 saturated carbocycles. The van der Waals surface area contributed by atoms with Gasteiger partial charge in [-0.3, -0.25) is 9.69 Å².